The number of aromatic nitrogens is 1. The van der Waals surface area contributed by atoms with Crippen LogP contribution in [0.15, 0.2) is 57.5 Å². The molecule has 1 atom stereocenters. The predicted octanol–water partition coefficient (Wildman–Crippen LogP) is 3.82. The first-order valence-corrected chi connectivity index (χ1v) is 14.1. The molecule has 202 valence electrons. The highest BCUT2D eigenvalue weighted by molar-refractivity contribution is 14.1. The van der Waals surface area contributed by atoms with Gasteiger partial charge in [0, 0.05) is 9.13 Å². The second-order valence-electron chi connectivity index (χ2n) is 8.32. The van der Waals surface area contributed by atoms with Crippen molar-refractivity contribution in [3.8, 4) is 29.6 Å². The van der Waals surface area contributed by atoms with Gasteiger partial charge in [0.2, 0.25) is 0 Å². The van der Waals surface area contributed by atoms with Crippen LogP contribution < -0.4 is 29.1 Å². The summed E-state index contributed by atoms with van der Waals surface area (Å²) >= 11 is 3.40. The van der Waals surface area contributed by atoms with Gasteiger partial charge >= 0.3 is 5.97 Å². The summed E-state index contributed by atoms with van der Waals surface area (Å²) < 4.78 is 25.1. The molecule has 0 amide bonds. The Labute approximate surface area is 243 Å². The monoisotopic (exact) mass is 658 g/mol. The SMILES string of the molecule is C#CCOc1c(/C=c2\sc3n(c2=O)[C@H](c2ccc(OCC)cc2)C(C(=O)OCC)=C(C)N=3)cc(I)cc1OC. The lowest BCUT2D eigenvalue weighted by atomic mass is 9.96. The maximum Gasteiger partial charge on any atom is 0.338 e. The maximum atomic E-state index is 13.9. The van der Waals surface area contributed by atoms with Crippen LogP contribution in [0.2, 0.25) is 0 Å². The minimum atomic E-state index is -0.722. The molecule has 3 aromatic rings. The molecule has 39 heavy (non-hydrogen) atoms. The lowest BCUT2D eigenvalue weighted by Crippen LogP contribution is -2.39. The van der Waals surface area contributed by atoms with Gasteiger partial charge in [-0.25, -0.2) is 9.79 Å². The van der Waals surface area contributed by atoms with Gasteiger partial charge < -0.3 is 18.9 Å². The fourth-order valence-corrected chi connectivity index (χ4v) is 5.93. The molecule has 1 aliphatic rings. The Bertz CT molecular complexity index is 1650. The number of hydrogen-bond donors (Lipinski definition) is 0. The maximum absolute atomic E-state index is 13.9. The van der Waals surface area contributed by atoms with E-state index in [4.69, 9.17) is 25.4 Å². The van der Waals surface area contributed by atoms with Gasteiger partial charge in [0.05, 0.1) is 42.2 Å². The number of methoxy groups -OCH3 is 1. The van der Waals surface area contributed by atoms with Crippen LogP contribution in [-0.4, -0.2) is 37.5 Å². The van der Waals surface area contributed by atoms with E-state index in [1.165, 1.54) is 11.3 Å². The zero-order valence-corrected chi connectivity index (χ0v) is 24.9. The van der Waals surface area contributed by atoms with Gasteiger partial charge in [-0.2, -0.15) is 0 Å². The van der Waals surface area contributed by atoms with Crippen LogP contribution in [0.3, 0.4) is 0 Å². The number of hydrogen-bond acceptors (Lipinski definition) is 8. The highest BCUT2D eigenvalue weighted by atomic mass is 127. The summed E-state index contributed by atoms with van der Waals surface area (Å²) in [6.45, 7) is 6.16. The number of carbonyl (C=O) groups is 1. The summed E-state index contributed by atoms with van der Waals surface area (Å²) in [4.78, 5) is 32.1. The number of terminal acetylenes is 1. The number of benzene rings is 2. The second-order valence-corrected chi connectivity index (χ2v) is 10.6. The van der Waals surface area contributed by atoms with Crippen LogP contribution in [-0.2, 0) is 9.53 Å². The van der Waals surface area contributed by atoms with Gasteiger partial charge in [0.1, 0.15) is 12.4 Å². The van der Waals surface area contributed by atoms with Crippen LogP contribution in [0.5, 0.6) is 17.2 Å². The molecule has 0 bridgehead atoms. The minimum absolute atomic E-state index is 0.0406. The first-order valence-electron chi connectivity index (χ1n) is 12.2. The summed E-state index contributed by atoms with van der Waals surface area (Å²) in [5.74, 6) is 3.58. The van der Waals surface area contributed by atoms with Gasteiger partial charge in [0.25, 0.3) is 5.56 Å². The minimum Gasteiger partial charge on any atom is -0.494 e. The molecule has 1 aliphatic heterocycles. The quantitative estimate of drug-likeness (QED) is 0.198. The molecule has 4 rings (SSSR count). The molecule has 0 unspecified atom stereocenters. The Kier molecular flexibility index (Phi) is 9.14. The zero-order valence-electron chi connectivity index (χ0n) is 21.9. The van der Waals surface area contributed by atoms with Gasteiger partial charge in [-0.1, -0.05) is 29.4 Å². The summed E-state index contributed by atoms with van der Waals surface area (Å²) in [6, 6.07) is 10.3. The lowest BCUT2D eigenvalue weighted by Gasteiger charge is -2.24. The number of carbonyl (C=O) groups excluding carboxylic acids is 1. The van der Waals surface area contributed by atoms with E-state index in [0.717, 1.165) is 9.13 Å². The van der Waals surface area contributed by atoms with Crippen molar-refractivity contribution >= 4 is 46.0 Å². The first-order chi connectivity index (χ1) is 18.8. The largest absolute Gasteiger partial charge is 0.494 e. The molecule has 2 heterocycles. The molecule has 0 spiro atoms. The molecule has 0 aliphatic carbocycles. The average Bonchev–Trinajstić information content (AvgIpc) is 3.21. The third-order valence-corrected chi connectivity index (χ3v) is 7.48. The van der Waals surface area contributed by atoms with Crippen LogP contribution >= 0.6 is 33.9 Å². The number of halogens is 1. The third kappa shape index (κ3) is 5.89. The Balaban J connectivity index is 1.94. The number of nitrogens with zero attached hydrogens (tertiary/aromatic N) is 2. The molecule has 0 N–H and O–H groups in total. The van der Waals surface area contributed by atoms with Crippen molar-refractivity contribution in [2.75, 3.05) is 26.9 Å². The molecule has 1 aromatic heterocycles. The van der Waals surface area contributed by atoms with Crippen LogP contribution in [0.1, 0.15) is 37.9 Å². The first kappa shape index (κ1) is 28.4. The van der Waals surface area contributed by atoms with Gasteiger partial charge in [0.15, 0.2) is 16.3 Å². The second kappa shape index (κ2) is 12.5. The Hall–Kier alpha value is -3.56. The van der Waals surface area contributed by atoms with E-state index in [2.05, 4.69) is 33.5 Å². The molecule has 2 aromatic carbocycles. The molecule has 0 saturated heterocycles. The summed E-state index contributed by atoms with van der Waals surface area (Å²) in [6.07, 6.45) is 7.15. The van der Waals surface area contributed by atoms with Crippen molar-refractivity contribution in [3.63, 3.8) is 0 Å². The Morgan fingerprint density at radius 2 is 1.95 bits per heavy atom. The van der Waals surface area contributed by atoms with E-state index in [0.29, 0.717) is 50.0 Å². The van der Waals surface area contributed by atoms with Crippen molar-refractivity contribution in [1.29, 1.82) is 0 Å². The van der Waals surface area contributed by atoms with Crippen molar-refractivity contribution in [3.05, 3.63) is 82.1 Å². The smallest absolute Gasteiger partial charge is 0.338 e. The van der Waals surface area contributed by atoms with E-state index < -0.39 is 12.0 Å². The van der Waals surface area contributed by atoms with E-state index in [-0.39, 0.29) is 18.8 Å². The van der Waals surface area contributed by atoms with Crippen LogP contribution in [0, 0.1) is 15.9 Å². The van der Waals surface area contributed by atoms with Gasteiger partial charge in [-0.3, -0.25) is 9.36 Å². The molecular weight excluding hydrogens is 631 g/mol. The van der Waals surface area contributed by atoms with Crippen LogP contribution in [0.25, 0.3) is 6.08 Å². The summed E-state index contributed by atoms with van der Waals surface area (Å²) in [7, 11) is 1.54. The zero-order chi connectivity index (χ0) is 28.1. The number of thiazole rings is 1. The van der Waals surface area contributed by atoms with Gasteiger partial charge in [-0.15, -0.1) is 6.42 Å². The van der Waals surface area contributed by atoms with E-state index in [1.54, 1.807) is 31.6 Å². The predicted molar refractivity (Wildman–Crippen MR) is 158 cm³/mol. The molecule has 0 fully saturated rings. The number of rotatable bonds is 9. The summed E-state index contributed by atoms with van der Waals surface area (Å²) in [5, 5.41) is 0. The van der Waals surface area contributed by atoms with Crippen LogP contribution in [0.4, 0.5) is 0 Å². The van der Waals surface area contributed by atoms with E-state index >= 15 is 0 Å². The normalized spacial score (nSPS) is 14.8. The fraction of sp³-hybridized carbons (Fsp3) is 0.276. The highest BCUT2D eigenvalue weighted by Gasteiger charge is 2.33. The van der Waals surface area contributed by atoms with Crippen molar-refractivity contribution < 1.29 is 23.7 Å². The molecule has 10 heteroatoms. The standard InChI is InChI=1S/C29H27IN2O6S/c1-6-13-38-26-19(14-20(30)16-22(26)35-5)15-23-27(33)32-25(18-9-11-21(12-10-18)36-7-2)24(28(34)37-8-3)17(4)31-29(32)39-23/h1,9-12,14-16,25H,7-8,13H2,2-5H3/b23-15-/t25-/m1/s1. The van der Waals surface area contributed by atoms with E-state index in [1.807, 2.05) is 43.3 Å². The average molecular weight is 659 g/mol. The van der Waals surface area contributed by atoms with Crippen molar-refractivity contribution in [1.82, 2.24) is 4.57 Å². The lowest BCUT2D eigenvalue weighted by molar-refractivity contribution is -0.139. The molecule has 0 radical (unpaired) electrons. The number of allylic oxidation sites excluding steroid dienone is 1. The van der Waals surface area contributed by atoms with Crippen molar-refractivity contribution in [2.45, 2.75) is 26.8 Å². The number of fused-ring (bicyclic) bond motifs is 1. The summed E-state index contributed by atoms with van der Waals surface area (Å²) in [5.41, 5.74) is 1.88. The topological polar surface area (TPSA) is 88.4 Å². The third-order valence-electron chi connectivity index (χ3n) is 5.88. The fourth-order valence-electron chi connectivity index (χ4n) is 4.28. The molecular formula is C29H27IN2O6S. The number of esters is 1. The molecule has 8 nitrogen and oxygen atoms in total. The highest BCUT2D eigenvalue weighted by Crippen LogP contribution is 2.34. The van der Waals surface area contributed by atoms with Crippen molar-refractivity contribution in [2.24, 2.45) is 4.99 Å². The van der Waals surface area contributed by atoms with Gasteiger partial charge in [-0.05, 0) is 79.3 Å². The number of ether oxygens (including phenoxy) is 4. The Morgan fingerprint density at radius 3 is 2.59 bits per heavy atom. The Morgan fingerprint density at radius 1 is 1.21 bits per heavy atom. The molecule has 0 saturated carbocycles. The van der Waals surface area contributed by atoms with E-state index in [9.17, 15) is 9.59 Å².